The van der Waals surface area contributed by atoms with E-state index in [9.17, 15) is 22.0 Å². The third-order valence-corrected chi connectivity index (χ3v) is 4.23. The summed E-state index contributed by atoms with van der Waals surface area (Å²) in [6.45, 7) is 0. The van der Waals surface area contributed by atoms with Crippen molar-refractivity contribution in [1.82, 2.24) is 10.2 Å². The summed E-state index contributed by atoms with van der Waals surface area (Å²) in [5.41, 5.74) is 0.615. The Morgan fingerprint density at radius 2 is 1.71 bits per heavy atom. The lowest BCUT2D eigenvalue weighted by Crippen LogP contribution is -2.08. The highest BCUT2D eigenvalue weighted by Crippen LogP contribution is 2.39. The molecule has 1 heterocycles. The largest absolute Gasteiger partial charge is 0.446 e. The molecule has 0 amide bonds. The van der Waals surface area contributed by atoms with Crippen molar-refractivity contribution in [2.45, 2.75) is 10.5 Å². The van der Waals surface area contributed by atoms with Gasteiger partial charge in [0.1, 0.15) is 5.01 Å². The minimum Gasteiger partial charge on any atom is -0.198 e. The van der Waals surface area contributed by atoms with E-state index in [1.165, 1.54) is 0 Å². The summed E-state index contributed by atoms with van der Waals surface area (Å²) < 4.78 is 61.6. The first kappa shape index (κ1) is 16.2. The third kappa shape index (κ3) is 4.14. The fraction of sp³-hybridized carbons (Fsp3) is 0.0909. The normalized spacial score (nSPS) is 13.2. The first-order chi connectivity index (χ1) is 9.77. The summed E-state index contributed by atoms with van der Waals surface area (Å²) in [6, 6.07) is 6.43. The highest BCUT2D eigenvalue weighted by atomic mass is 35.5. The number of rotatable bonds is 3. The molecule has 0 fully saturated rings. The van der Waals surface area contributed by atoms with Crippen LogP contribution in [0.4, 0.5) is 22.0 Å². The van der Waals surface area contributed by atoms with Crippen LogP contribution in [0.5, 0.6) is 0 Å². The van der Waals surface area contributed by atoms with Crippen molar-refractivity contribution in [3.05, 3.63) is 40.3 Å². The lowest BCUT2D eigenvalue weighted by Gasteiger charge is -2.02. The van der Waals surface area contributed by atoms with Gasteiger partial charge < -0.3 is 0 Å². The van der Waals surface area contributed by atoms with Crippen LogP contribution in [-0.4, -0.2) is 16.4 Å². The van der Waals surface area contributed by atoms with Gasteiger partial charge in [-0.2, -0.15) is 22.0 Å². The molecule has 0 aliphatic carbocycles. The smallest absolute Gasteiger partial charge is 0.198 e. The summed E-state index contributed by atoms with van der Waals surface area (Å²) >= 11 is 6.48. The van der Waals surface area contributed by atoms with E-state index in [0.717, 1.165) is 11.3 Å². The SMILES string of the molecule is FC(Sc1nnc(-c2ccc(Cl)cc2)s1)=C(F)C(F)(F)F. The van der Waals surface area contributed by atoms with E-state index in [0.29, 0.717) is 15.6 Å². The second-order valence-electron chi connectivity index (χ2n) is 3.57. The number of hydrogen-bond donors (Lipinski definition) is 0. The topological polar surface area (TPSA) is 25.8 Å². The molecule has 2 nitrogen and oxygen atoms in total. The predicted molar refractivity (Wildman–Crippen MR) is 71.5 cm³/mol. The average molecular weight is 359 g/mol. The zero-order valence-electron chi connectivity index (χ0n) is 9.79. The number of thioether (sulfide) groups is 1. The maximum Gasteiger partial charge on any atom is 0.446 e. The van der Waals surface area contributed by atoms with Gasteiger partial charge in [0.2, 0.25) is 11.0 Å². The van der Waals surface area contributed by atoms with Gasteiger partial charge in [0.25, 0.3) is 0 Å². The number of alkyl halides is 3. The molecule has 0 saturated carbocycles. The average Bonchev–Trinajstić information content (AvgIpc) is 2.86. The molecule has 0 saturated heterocycles. The first-order valence-electron chi connectivity index (χ1n) is 5.17. The highest BCUT2D eigenvalue weighted by Gasteiger charge is 2.38. The maximum absolute atomic E-state index is 13.1. The van der Waals surface area contributed by atoms with Crippen molar-refractivity contribution in [3.63, 3.8) is 0 Å². The summed E-state index contributed by atoms with van der Waals surface area (Å²) in [5, 5.41) is 6.07. The maximum atomic E-state index is 13.1. The number of halogens is 6. The van der Waals surface area contributed by atoms with Crippen LogP contribution >= 0.6 is 34.7 Å². The Hall–Kier alpha value is -1.19. The Balaban J connectivity index is 2.19. The molecule has 0 spiro atoms. The lowest BCUT2D eigenvalue weighted by molar-refractivity contribution is -0.110. The molecule has 0 bridgehead atoms. The van der Waals surface area contributed by atoms with Gasteiger partial charge in [0, 0.05) is 10.6 Å². The number of benzene rings is 1. The summed E-state index contributed by atoms with van der Waals surface area (Å²) in [7, 11) is 0. The second-order valence-corrected chi connectivity index (χ2v) is 6.19. The number of aromatic nitrogens is 2. The molecular formula is C11H4ClF5N2S2. The van der Waals surface area contributed by atoms with Crippen LogP contribution in [0.15, 0.2) is 39.6 Å². The van der Waals surface area contributed by atoms with E-state index in [2.05, 4.69) is 10.2 Å². The fourth-order valence-electron chi connectivity index (χ4n) is 1.19. The Kier molecular flexibility index (Phi) is 4.84. The van der Waals surface area contributed by atoms with Crippen LogP contribution < -0.4 is 0 Å². The van der Waals surface area contributed by atoms with Gasteiger partial charge in [0.05, 0.1) is 0 Å². The van der Waals surface area contributed by atoms with Crippen molar-refractivity contribution in [3.8, 4) is 10.6 Å². The van der Waals surface area contributed by atoms with Crippen LogP contribution in [0.2, 0.25) is 5.02 Å². The van der Waals surface area contributed by atoms with Gasteiger partial charge in [-0.15, -0.1) is 10.2 Å². The van der Waals surface area contributed by atoms with Crippen LogP contribution in [0, 0.1) is 0 Å². The molecule has 0 aliphatic heterocycles. The summed E-state index contributed by atoms with van der Waals surface area (Å²) in [4.78, 5) is 0. The van der Waals surface area contributed by atoms with Gasteiger partial charge in [-0.1, -0.05) is 35.1 Å². The van der Waals surface area contributed by atoms with Crippen LogP contribution in [0.3, 0.4) is 0 Å². The molecule has 1 aromatic heterocycles. The molecule has 2 rings (SSSR count). The van der Waals surface area contributed by atoms with Crippen molar-refractivity contribution in [1.29, 1.82) is 0 Å². The molecule has 21 heavy (non-hydrogen) atoms. The van der Waals surface area contributed by atoms with Crippen LogP contribution in [0.25, 0.3) is 10.6 Å². The van der Waals surface area contributed by atoms with Gasteiger partial charge in [0.15, 0.2) is 4.34 Å². The minimum absolute atomic E-state index is 0.0660. The number of nitrogens with zero attached hydrogens (tertiary/aromatic N) is 2. The van der Waals surface area contributed by atoms with Crippen molar-refractivity contribution in [2.24, 2.45) is 0 Å². The van der Waals surface area contributed by atoms with Crippen molar-refractivity contribution in [2.75, 3.05) is 0 Å². The number of allylic oxidation sites excluding steroid dienone is 1. The van der Waals surface area contributed by atoms with E-state index < -0.39 is 17.2 Å². The molecule has 0 N–H and O–H groups in total. The minimum atomic E-state index is -5.36. The summed E-state index contributed by atoms with van der Waals surface area (Å²) in [5.74, 6) is -2.78. The van der Waals surface area contributed by atoms with E-state index >= 15 is 0 Å². The Bertz CT molecular complexity index is 666. The van der Waals surface area contributed by atoms with E-state index in [1.54, 1.807) is 24.3 Å². The Labute approximate surface area is 128 Å². The Morgan fingerprint density at radius 1 is 1.10 bits per heavy atom. The number of hydrogen-bond acceptors (Lipinski definition) is 4. The van der Waals surface area contributed by atoms with Gasteiger partial charge >= 0.3 is 6.18 Å². The molecule has 10 heteroatoms. The summed E-state index contributed by atoms with van der Waals surface area (Å²) in [6.07, 6.45) is -5.36. The molecule has 0 aliphatic rings. The molecule has 0 radical (unpaired) electrons. The highest BCUT2D eigenvalue weighted by molar-refractivity contribution is 8.04. The molecule has 0 atom stereocenters. The van der Waals surface area contributed by atoms with Gasteiger partial charge in [-0.05, 0) is 23.9 Å². The molecule has 1 aromatic carbocycles. The van der Waals surface area contributed by atoms with Gasteiger partial charge in [-0.25, -0.2) is 0 Å². The Morgan fingerprint density at radius 3 is 2.29 bits per heavy atom. The van der Waals surface area contributed by atoms with Crippen LogP contribution in [0.1, 0.15) is 0 Å². The molecular weight excluding hydrogens is 355 g/mol. The van der Waals surface area contributed by atoms with Crippen molar-refractivity contribution >= 4 is 34.7 Å². The quantitative estimate of drug-likeness (QED) is 0.526. The standard InChI is InChI=1S/C11H4ClF5N2S2/c12-6-3-1-5(2-4-6)9-18-19-10(21-9)20-8(14)7(13)11(15,16)17/h1-4H. The lowest BCUT2D eigenvalue weighted by atomic mass is 10.2. The molecule has 0 unspecified atom stereocenters. The zero-order valence-corrected chi connectivity index (χ0v) is 12.2. The molecule has 2 aromatic rings. The van der Waals surface area contributed by atoms with Gasteiger partial charge in [-0.3, -0.25) is 0 Å². The van der Waals surface area contributed by atoms with E-state index in [-0.39, 0.29) is 16.1 Å². The fourth-order valence-corrected chi connectivity index (χ4v) is 2.96. The third-order valence-electron chi connectivity index (χ3n) is 2.10. The van der Waals surface area contributed by atoms with E-state index in [1.807, 2.05) is 0 Å². The molecule has 112 valence electrons. The van der Waals surface area contributed by atoms with E-state index in [4.69, 9.17) is 11.6 Å². The monoisotopic (exact) mass is 358 g/mol. The van der Waals surface area contributed by atoms with Crippen molar-refractivity contribution < 1.29 is 22.0 Å². The predicted octanol–water partition coefficient (Wildman–Crippen LogP) is 5.62. The van der Waals surface area contributed by atoms with Crippen LogP contribution in [-0.2, 0) is 0 Å². The zero-order chi connectivity index (χ0) is 15.6. The second kappa shape index (κ2) is 6.29. The first-order valence-corrected chi connectivity index (χ1v) is 7.18.